The SMILES string of the molecule is CCCCCCCCCC[CH]([Mg][Br])C(=O)O. The molecule has 0 rings (SSSR count). The zero-order valence-corrected chi connectivity index (χ0v) is 13.4. The average Bonchev–Trinajstić information content (AvgIpc) is 2.26. The van der Waals surface area contributed by atoms with Gasteiger partial charge in [-0.25, -0.2) is 0 Å². The minimum absolute atomic E-state index is 0.0555. The fraction of sp³-hybridized carbons (Fsp3) is 0.917. The van der Waals surface area contributed by atoms with Crippen LogP contribution in [0.5, 0.6) is 0 Å². The molecule has 0 aromatic carbocycles. The van der Waals surface area contributed by atoms with E-state index < -0.39 is 24.2 Å². The van der Waals surface area contributed by atoms with Gasteiger partial charge in [0.25, 0.3) is 5.97 Å². The molecule has 4 heteroatoms. The summed E-state index contributed by atoms with van der Waals surface area (Å²) in [5, 5.41) is 8.88. The van der Waals surface area contributed by atoms with E-state index in [-0.39, 0.29) is 4.05 Å². The van der Waals surface area contributed by atoms with Crippen molar-refractivity contribution in [2.75, 3.05) is 0 Å². The van der Waals surface area contributed by atoms with Gasteiger partial charge < -0.3 is 18.0 Å². The molecule has 0 aromatic rings. The van der Waals surface area contributed by atoms with Crippen molar-refractivity contribution in [2.45, 2.75) is 68.8 Å². The standard InChI is InChI=1S/C12H23O2.BrH.Mg/c1-2-3-4-5-6-7-8-9-10-11-12(13)14;;/h11H,2-10H2,1H3,(H,13,14);1H;/q;;+1/p-1. The van der Waals surface area contributed by atoms with Gasteiger partial charge in [0.1, 0.15) is 0 Å². The maximum Gasteiger partial charge on any atom is 0.487 e. The van der Waals surface area contributed by atoms with Gasteiger partial charge in [0, 0.05) is 0 Å². The zero-order valence-electron chi connectivity index (χ0n) is 10.4. The van der Waals surface area contributed by atoms with Crippen molar-refractivity contribution in [3.63, 3.8) is 0 Å². The first-order valence-corrected chi connectivity index (χ1v) is 11.2. The first-order chi connectivity index (χ1) is 7.72. The molecule has 0 heterocycles. The lowest BCUT2D eigenvalue weighted by Gasteiger charge is -2.07. The molecule has 0 bridgehead atoms. The van der Waals surface area contributed by atoms with Gasteiger partial charge >= 0.3 is 18.2 Å². The monoisotopic (exact) mass is 302 g/mol. The van der Waals surface area contributed by atoms with Crippen LogP contribution in [0.2, 0.25) is 4.05 Å². The van der Waals surface area contributed by atoms with Crippen LogP contribution < -0.4 is 0 Å². The summed E-state index contributed by atoms with van der Waals surface area (Å²) in [7, 11) is 0. The maximum atomic E-state index is 10.8. The molecule has 1 atom stereocenters. The lowest BCUT2D eigenvalue weighted by molar-refractivity contribution is -0.137. The molecule has 16 heavy (non-hydrogen) atoms. The van der Waals surface area contributed by atoms with Crippen LogP contribution in [0.3, 0.4) is 0 Å². The number of halogens is 1. The van der Waals surface area contributed by atoms with E-state index in [0.29, 0.717) is 0 Å². The summed E-state index contributed by atoms with van der Waals surface area (Å²) in [6.45, 7) is 2.23. The summed E-state index contributed by atoms with van der Waals surface area (Å²) < 4.78 is -0.0555. The maximum absolute atomic E-state index is 10.8. The molecule has 92 valence electrons. The van der Waals surface area contributed by atoms with Crippen LogP contribution in [0.15, 0.2) is 0 Å². The Morgan fingerprint density at radius 2 is 1.62 bits per heavy atom. The van der Waals surface area contributed by atoms with Gasteiger partial charge in [-0.15, -0.1) is 0 Å². The molecule has 0 radical (unpaired) electrons. The molecule has 0 saturated carbocycles. The predicted molar refractivity (Wildman–Crippen MR) is 73.3 cm³/mol. The summed E-state index contributed by atoms with van der Waals surface area (Å²) >= 11 is 2.83. The third kappa shape index (κ3) is 9.91. The van der Waals surface area contributed by atoms with E-state index in [1.165, 1.54) is 44.9 Å². The van der Waals surface area contributed by atoms with E-state index in [1.54, 1.807) is 0 Å². The van der Waals surface area contributed by atoms with E-state index in [4.69, 9.17) is 5.11 Å². The van der Waals surface area contributed by atoms with Crippen molar-refractivity contribution < 1.29 is 9.90 Å². The molecule has 1 unspecified atom stereocenters. The van der Waals surface area contributed by atoms with Gasteiger partial charge in [-0.2, -0.15) is 0 Å². The minimum Gasteiger partial charge on any atom is -0.483 e. The highest BCUT2D eigenvalue weighted by Gasteiger charge is 2.17. The Morgan fingerprint density at radius 3 is 2.06 bits per heavy atom. The molecule has 1 N–H and O–H groups in total. The van der Waals surface area contributed by atoms with Crippen LogP contribution in [0.25, 0.3) is 0 Å². The number of rotatable bonds is 11. The lowest BCUT2D eigenvalue weighted by Crippen LogP contribution is -2.10. The van der Waals surface area contributed by atoms with Gasteiger partial charge in [0.2, 0.25) is 0 Å². The first kappa shape index (κ1) is 16.7. The van der Waals surface area contributed by atoms with E-state index >= 15 is 0 Å². The number of carboxylic acids is 1. The van der Waals surface area contributed by atoms with Crippen LogP contribution in [0, 0.1) is 0 Å². The minimum atomic E-state index is -0.605. The summed E-state index contributed by atoms with van der Waals surface area (Å²) in [6.07, 6.45) is 11.1. The molecular weight excluding hydrogens is 280 g/mol. The van der Waals surface area contributed by atoms with Crippen LogP contribution in [0.1, 0.15) is 64.7 Å². The highest BCUT2D eigenvalue weighted by atomic mass is 79.9. The third-order valence-electron chi connectivity index (χ3n) is 2.94. The Labute approximate surface area is 115 Å². The van der Waals surface area contributed by atoms with Crippen LogP contribution in [-0.4, -0.2) is 29.3 Å². The largest absolute Gasteiger partial charge is 0.487 e. The smallest absolute Gasteiger partial charge is 0.483 e. The van der Waals surface area contributed by atoms with Gasteiger partial charge in [-0.05, 0) is 4.05 Å². The predicted octanol–water partition coefficient (Wildman–Crippen LogP) is 4.40. The van der Waals surface area contributed by atoms with E-state index in [0.717, 1.165) is 12.8 Å². The summed E-state index contributed by atoms with van der Waals surface area (Å²) in [4.78, 5) is 10.8. The molecule has 0 aliphatic rings. The Bertz CT molecular complexity index is 176. The molecule has 0 aromatic heterocycles. The second-order valence-corrected chi connectivity index (χ2v) is 7.69. The normalized spacial score (nSPS) is 12.1. The average molecular weight is 304 g/mol. The number of carboxylic acid groups (broad SMARTS) is 1. The molecular formula is C12H23BrMgO2. The Hall–Kier alpha value is 0.716. The topological polar surface area (TPSA) is 37.3 Å². The van der Waals surface area contributed by atoms with Crippen molar-refractivity contribution in [2.24, 2.45) is 0 Å². The first-order valence-electron chi connectivity index (χ1n) is 6.51. The molecule has 0 saturated heterocycles. The van der Waals surface area contributed by atoms with Crippen molar-refractivity contribution in [3.05, 3.63) is 0 Å². The number of hydrogen-bond donors (Lipinski definition) is 1. The van der Waals surface area contributed by atoms with E-state index in [9.17, 15) is 4.79 Å². The van der Waals surface area contributed by atoms with Crippen LogP contribution >= 0.6 is 12.9 Å². The Morgan fingerprint density at radius 1 is 1.12 bits per heavy atom. The molecule has 0 aliphatic carbocycles. The second kappa shape index (κ2) is 12.2. The Kier molecular flexibility index (Phi) is 12.7. The number of aliphatic carboxylic acids is 1. The summed E-state index contributed by atoms with van der Waals surface area (Å²) in [5.41, 5.74) is 0. The highest BCUT2D eigenvalue weighted by molar-refractivity contribution is 9.23. The fourth-order valence-corrected chi connectivity index (χ4v) is 4.17. The van der Waals surface area contributed by atoms with Gasteiger partial charge in [0.05, 0.1) is 0 Å². The third-order valence-corrected chi connectivity index (χ3v) is 6.42. The quantitative estimate of drug-likeness (QED) is 0.453. The van der Waals surface area contributed by atoms with Crippen molar-refractivity contribution in [3.8, 4) is 0 Å². The van der Waals surface area contributed by atoms with Crippen molar-refractivity contribution in [1.29, 1.82) is 0 Å². The molecule has 0 aliphatic heterocycles. The van der Waals surface area contributed by atoms with Crippen LogP contribution in [0.4, 0.5) is 0 Å². The van der Waals surface area contributed by atoms with Crippen molar-refractivity contribution in [1.82, 2.24) is 0 Å². The van der Waals surface area contributed by atoms with Gasteiger partial charge in [-0.3, -0.25) is 4.79 Å². The highest BCUT2D eigenvalue weighted by Crippen LogP contribution is 2.18. The molecule has 2 nitrogen and oxygen atoms in total. The van der Waals surface area contributed by atoms with Crippen LogP contribution in [-0.2, 0) is 4.79 Å². The molecule has 0 amide bonds. The Balaban J connectivity index is 3.22. The molecule has 0 spiro atoms. The van der Waals surface area contributed by atoms with E-state index in [1.807, 2.05) is 0 Å². The van der Waals surface area contributed by atoms with E-state index in [2.05, 4.69) is 19.8 Å². The fourth-order valence-electron chi connectivity index (χ4n) is 1.79. The van der Waals surface area contributed by atoms with Crippen molar-refractivity contribution >= 4 is 37.0 Å². The molecule has 0 fully saturated rings. The number of hydrogen-bond acceptors (Lipinski definition) is 1. The number of carbonyl (C=O) groups is 1. The van der Waals surface area contributed by atoms with Gasteiger partial charge in [-0.1, -0.05) is 64.7 Å². The van der Waals surface area contributed by atoms with Gasteiger partial charge in [0.15, 0.2) is 0 Å². The summed E-state index contributed by atoms with van der Waals surface area (Å²) in [5.74, 6) is -0.605. The lowest BCUT2D eigenvalue weighted by atomic mass is 10.1. The second-order valence-electron chi connectivity index (χ2n) is 4.45. The number of unbranched alkanes of at least 4 members (excludes halogenated alkanes) is 7. The zero-order chi connectivity index (χ0) is 12.2. The summed E-state index contributed by atoms with van der Waals surface area (Å²) in [6, 6.07) is 0.